The zero-order valence-corrected chi connectivity index (χ0v) is 11.4. The molecule has 100 valence electrons. The predicted molar refractivity (Wildman–Crippen MR) is 71.5 cm³/mol. The highest BCUT2D eigenvalue weighted by Crippen LogP contribution is 2.22. The molecule has 1 aromatic rings. The standard InChI is InChI=1S/C12H16ClNO3S/c13-11-4-2-1-3-10(11)12(15)7-14-9-5-6-18(16,17)8-9/h1-4,9,12,14-15H,5-8H2. The summed E-state index contributed by atoms with van der Waals surface area (Å²) < 4.78 is 22.6. The molecule has 1 aromatic carbocycles. The third-order valence-electron chi connectivity index (χ3n) is 3.10. The normalized spacial score (nSPS) is 24.0. The van der Waals surface area contributed by atoms with E-state index < -0.39 is 15.9 Å². The number of sulfone groups is 1. The fraction of sp³-hybridized carbons (Fsp3) is 0.500. The van der Waals surface area contributed by atoms with Gasteiger partial charge in [0.25, 0.3) is 0 Å². The van der Waals surface area contributed by atoms with Crippen molar-refractivity contribution in [2.24, 2.45) is 0 Å². The van der Waals surface area contributed by atoms with Gasteiger partial charge in [0.05, 0.1) is 17.6 Å². The average molecular weight is 290 g/mol. The van der Waals surface area contributed by atoms with Crippen molar-refractivity contribution in [3.8, 4) is 0 Å². The summed E-state index contributed by atoms with van der Waals surface area (Å²) in [5.74, 6) is 0.384. The summed E-state index contributed by atoms with van der Waals surface area (Å²) >= 11 is 5.98. The Kier molecular flexibility index (Phi) is 4.27. The van der Waals surface area contributed by atoms with Gasteiger partial charge in [0.1, 0.15) is 0 Å². The fourth-order valence-electron chi connectivity index (χ4n) is 2.09. The molecule has 0 aromatic heterocycles. The lowest BCUT2D eigenvalue weighted by Crippen LogP contribution is -2.33. The molecule has 0 bridgehead atoms. The Labute approximate surface area is 112 Å². The molecule has 2 N–H and O–H groups in total. The van der Waals surface area contributed by atoms with Crippen molar-refractivity contribution >= 4 is 21.4 Å². The molecule has 0 spiro atoms. The maximum atomic E-state index is 11.3. The van der Waals surface area contributed by atoms with E-state index in [1.807, 2.05) is 6.07 Å². The number of hydrogen-bond acceptors (Lipinski definition) is 4. The van der Waals surface area contributed by atoms with Gasteiger partial charge in [-0.2, -0.15) is 0 Å². The van der Waals surface area contributed by atoms with Crippen LogP contribution in [0.5, 0.6) is 0 Å². The number of aliphatic hydroxyl groups excluding tert-OH is 1. The highest BCUT2D eigenvalue weighted by molar-refractivity contribution is 7.91. The summed E-state index contributed by atoms with van der Waals surface area (Å²) in [4.78, 5) is 0. The molecule has 2 rings (SSSR count). The van der Waals surface area contributed by atoms with E-state index in [0.29, 0.717) is 23.6 Å². The Morgan fingerprint density at radius 3 is 2.78 bits per heavy atom. The molecule has 18 heavy (non-hydrogen) atoms. The molecular formula is C12H16ClNO3S. The van der Waals surface area contributed by atoms with Gasteiger partial charge >= 0.3 is 0 Å². The predicted octanol–water partition coefficient (Wildman–Crippen LogP) is 1.15. The molecule has 0 amide bonds. The summed E-state index contributed by atoms with van der Waals surface area (Å²) in [6.45, 7) is 0.309. The van der Waals surface area contributed by atoms with Gasteiger partial charge in [-0.3, -0.25) is 0 Å². The molecule has 0 saturated carbocycles. The Morgan fingerprint density at radius 1 is 1.44 bits per heavy atom. The van der Waals surface area contributed by atoms with E-state index in [1.54, 1.807) is 18.2 Å². The van der Waals surface area contributed by atoms with Crippen LogP contribution in [-0.2, 0) is 9.84 Å². The van der Waals surface area contributed by atoms with E-state index in [2.05, 4.69) is 5.32 Å². The van der Waals surface area contributed by atoms with Crippen LogP contribution in [0.3, 0.4) is 0 Å². The quantitative estimate of drug-likeness (QED) is 0.873. The lowest BCUT2D eigenvalue weighted by Gasteiger charge is -2.16. The first kappa shape index (κ1) is 13.8. The zero-order chi connectivity index (χ0) is 13.2. The minimum absolute atomic E-state index is 0.0628. The first-order chi connectivity index (χ1) is 8.48. The van der Waals surface area contributed by atoms with Gasteiger partial charge in [0, 0.05) is 23.2 Å². The van der Waals surface area contributed by atoms with Crippen LogP contribution in [0.1, 0.15) is 18.1 Å². The van der Waals surface area contributed by atoms with Crippen LogP contribution in [0, 0.1) is 0 Å². The monoisotopic (exact) mass is 289 g/mol. The molecule has 1 fully saturated rings. The minimum Gasteiger partial charge on any atom is -0.387 e. The summed E-state index contributed by atoms with van der Waals surface area (Å²) in [6.07, 6.45) is -0.112. The second-order valence-corrected chi connectivity index (χ2v) is 7.18. The van der Waals surface area contributed by atoms with Crippen molar-refractivity contribution in [3.05, 3.63) is 34.9 Å². The first-order valence-corrected chi connectivity index (χ1v) is 8.04. The van der Waals surface area contributed by atoms with E-state index in [1.165, 1.54) is 0 Å². The summed E-state index contributed by atoms with van der Waals surface area (Å²) in [6, 6.07) is 7.03. The largest absolute Gasteiger partial charge is 0.387 e. The SMILES string of the molecule is O=S1(=O)CCC(NCC(O)c2ccccc2Cl)C1. The second kappa shape index (κ2) is 5.57. The summed E-state index contributed by atoms with van der Waals surface area (Å²) in [7, 11) is -2.89. The third-order valence-corrected chi connectivity index (χ3v) is 5.21. The van der Waals surface area contributed by atoms with Crippen LogP contribution in [0.4, 0.5) is 0 Å². The van der Waals surface area contributed by atoms with Crippen LogP contribution >= 0.6 is 11.6 Å². The molecule has 2 unspecified atom stereocenters. The van der Waals surface area contributed by atoms with Crippen LogP contribution in [-0.4, -0.2) is 37.6 Å². The van der Waals surface area contributed by atoms with E-state index in [-0.39, 0.29) is 17.5 Å². The van der Waals surface area contributed by atoms with Gasteiger partial charge in [0.15, 0.2) is 9.84 Å². The van der Waals surface area contributed by atoms with Gasteiger partial charge in [-0.15, -0.1) is 0 Å². The van der Waals surface area contributed by atoms with Crippen LogP contribution in [0.15, 0.2) is 24.3 Å². The van der Waals surface area contributed by atoms with Gasteiger partial charge in [-0.25, -0.2) is 8.42 Å². The molecule has 1 saturated heterocycles. The highest BCUT2D eigenvalue weighted by Gasteiger charge is 2.27. The zero-order valence-electron chi connectivity index (χ0n) is 9.84. The minimum atomic E-state index is -2.89. The van der Waals surface area contributed by atoms with Crippen molar-refractivity contribution < 1.29 is 13.5 Å². The smallest absolute Gasteiger partial charge is 0.151 e. The lowest BCUT2D eigenvalue weighted by atomic mass is 10.1. The van der Waals surface area contributed by atoms with Gasteiger partial charge in [-0.05, 0) is 12.5 Å². The Balaban J connectivity index is 1.90. The van der Waals surface area contributed by atoms with Gasteiger partial charge < -0.3 is 10.4 Å². The molecule has 2 atom stereocenters. The summed E-state index contributed by atoms with van der Waals surface area (Å²) in [5, 5.41) is 13.6. The Hall–Kier alpha value is -0.620. The van der Waals surface area contributed by atoms with Crippen LogP contribution in [0.25, 0.3) is 0 Å². The molecule has 1 aliphatic rings. The maximum absolute atomic E-state index is 11.3. The number of aliphatic hydroxyl groups is 1. The molecule has 1 aliphatic heterocycles. The first-order valence-electron chi connectivity index (χ1n) is 5.84. The number of halogens is 1. The highest BCUT2D eigenvalue weighted by atomic mass is 35.5. The fourth-order valence-corrected chi connectivity index (χ4v) is 4.06. The van der Waals surface area contributed by atoms with Crippen molar-refractivity contribution in [3.63, 3.8) is 0 Å². The number of nitrogens with one attached hydrogen (secondary N) is 1. The molecule has 1 heterocycles. The number of benzene rings is 1. The van der Waals surface area contributed by atoms with Crippen molar-refractivity contribution in [2.45, 2.75) is 18.6 Å². The van der Waals surface area contributed by atoms with Crippen LogP contribution in [0.2, 0.25) is 5.02 Å². The molecule has 0 aliphatic carbocycles. The average Bonchev–Trinajstić information content (AvgIpc) is 2.66. The molecule has 0 radical (unpaired) electrons. The van der Waals surface area contributed by atoms with E-state index in [4.69, 9.17) is 11.6 Å². The number of hydrogen-bond donors (Lipinski definition) is 2. The maximum Gasteiger partial charge on any atom is 0.151 e. The summed E-state index contributed by atoms with van der Waals surface area (Å²) in [5.41, 5.74) is 0.660. The topological polar surface area (TPSA) is 66.4 Å². The molecule has 6 heteroatoms. The molecule has 4 nitrogen and oxygen atoms in total. The number of rotatable bonds is 4. The van der Waals surface area contributed by atoms with Crippen molar-refractivity contribution in [2.75, 3.05) is 18.1 Å². The van der Waals surface area contributed by atoms with Crippen molar-refractivity contribution in [1.82, 2.24) is 5.32 Å². The molecular weight excluding hydrogens is 274 g/mol. The van der Waals surface area contributed by atoms with Crippen LogP contribution < -0.4 is 5.32 Å². The van der Waals surface area contributed by atoms with Gasteiger partial charge in [-0.1, -0.05) is 29.8 Å². The van der Waals surface area contributed by atoms with Crippen molar-refractivity contribution in [1.29, 1.82) is 0 Å². The lowest BCUT2D eigenvalue weighted by molar-refractivity contribution is 0.171. The van der Waals surface area contributed by atoms with E-state index >= 15 is 0 Å². The Morgan fingerprint density at radius 2 is 2.17 bits per heavy atom. The Bertz CT molecular complexity index is 518. The second-order valence-electron chi connectivity index (χ2n) is 4.55. The third kappa shape index (κ3) is 3.45. The van der Waals surface area contributed by atoms with Gasteiger partial charge in [0.2, 0.25) is 0 Å². The van der Waals surface area contributed by atoms with E-state index in [0.717, 1.165) is 0 Å². The van der Waals surface area contributed by atoms with E-state index in [9.17, 15) is 13.5 Å².